The minimum absolute atomic E-state index is 0.125. The van der Waals surface area contributed by atoms with Crippen molar-refractivity contribution in [3.05, 3.63) is 40.6 Å². The van der Waals surface area contributed by atoms with E-state index < -0.39 is 5.54 Å². The lowest BCUT2D eigenvalue weighted by Gasteiger charge is -2.36. The Morgan fingerprint density at radius 2 is 2.10 bits per heavy atom. The van der Waals surface area contributed by atoms with E-state index in [9.17, 15) is 9.59 Å². The molecule has 3 rings (SSSR count). The number of hydrogen-bond donors (Lipinski definition) is 2. The number of aromatic amines is 1. The Labute approximate surface area is 123 Å². The van der Waals surface area contributed by atoms with E-state index >= 15 is 0 Å². The molecule has 5 heteroatoms. The molecular formula is C16H21N3O2. The summed E-state index contributed by atoms with van der Waals surface area (Å²) in [6, 6.07) is 1.59. The Morgan fingerprint density at radius 1 is 1.38 bits per heavy atom. The van der Waals surface area contributed by atoms with Gasteiger partial charge in [0, 0.05) is 12.0 Å². The van der Waals surface area contributed by atoms with E-state index in [0.717, 1.165) is 50.6 Å². The molecule has 0 bridgehead atoms. The number of carbonyl (C=O) groups is 1. The number of H-pyrrole nitrogens is 1. The van der Waals surface area contributed by atoms with Crippen molar-refractivity contribution in [2.24, 2.45) is 0 Å². The first kappa shape index (κ1) is 14.0. The third-order valence-corrected chi connectivity index (χ3v) is 4.47. The normalized spacial score (nSPS) is 20.8. The Kier molecular flexibility index (Phi) is 3.66. The van der Waals surface area contributed by atoms with Gasteiger partial charge in [0.05, 0.1) is 11.2 Å². The smallest absolute Gasteiger partial charge is 0.251 e. The maximum absolute atomic E-state index is 12.0. The monoisotopic (exact) mass is 287 g/mol. The molecule has 2 aliphatic carbocycles. The van der Waals surface area contributed by atoms with Crippen LogP contribution in [-0.2, 0) is 10.3 Å². The van der Waals surface area contributed by atoms with E-state index in [1.807, 2.05) is 0 Å². The second-order valence-corrected chi connectivity index (χ2v) is 6.13. The molecule has 0 aromatic carbocycles. The summed E-state index contributed by atoms with van der Waals surface area (Å²) in [7, 11) is 0. The van der Waals surface area contributed by atoms with Crippen molar-refractivity contribution >= 4 is 5.91 Å². The fourth-order valence-electron chi connectivity index (χ4n) is 3.15. The number of amides is 1. The van der Waals surface area contributed by atoms with Gasteiger partial charge in [-0.15, -0.1) is 0 Å². The molecule has 21 heavy (non-hydrogen) atoms. The number of rotatable bonds is 4. The molecule has 0 radical (unpaired) electrons. The number of hydrogen-bond acceptors (Lipinski definition) is 3. The zero-order chi connectivity index (χ0) is 14.9. The van der Waals surface area contributed by atoms with Gasteiger partial charge in [-0.3, -0.25) is 9.59 Å². The largest absolute Gasteiger partial charge is 0.340 e. The second kappa shape index (κ2) is 5.47. The van der Waals surface area contributed by atoms with Gasteiger partial charge in [0.2, 0.25) is 5.91 Å². The van der Waals surface area contributed by atoms with E-state index in [-0.39, 0.29) is 11.5 Å². The molecule has 2 N–H and O–H groups in total. The minimum atomic E-state index is -0.548. The van der Waals surface area contributed by atoms with Gasteiger partial charge in [-0.05, 0) is 31.8 Å². The molecular weight excluding hydrogens is 266 g/mol. The van der Waals surface area contributed by atoms with Gasteiger partial charge >= 0.3 is 0 Å². The quantitative estimate of drug-likeness (QED) is 0.833. The summed E-state index contributed by atoms with van der Waals surface area (Å²) in [5.41, 5.74) is 0.194. The Hall–Kier alpha value is -1.91. The van der Waals surface area contributed by atoms with Crippen LogP contribution in [0.15, 0.2) is 23.5 Å². The molecule has 0 aliphatic heterocycles. The minimum Gasteiger partial charge on any atom is -0.340 e. The average molecular weight is 287 g/mol. The highest BCUT2D eigenvalue weighted by Crippen LogP contribution is 2.40. The fraction of sp³-hybridized carbons (Fsp3) is 0.562. The predicted molar refractivity (Wildman–Crippen MR) is 79.9 cm³/mol. The zero-order valence-corrected chi connectivity index (χ0v) is 12.2. The summed E-state index contributed by atoms with van der Waals surface area (Å²) < 4.78 is 0. The van der Waals surface area contributed by atoms with Crippen LogP contribution in [0.1, 0.15) is 62.4 Å². The van der Waals surface area contributed by atoms with Crippen molar-refractivity contribution < 1.29 is 4.79 Å². The molecule has 0 unspecified atom stereocenters. The molecule has 1 aromatic heterocycles. The molecule has 1 heterocycles. The first-order chi connectivity index (χ1) is 10.1. The molecule has 2 saturated carbocycles. The van der Waals surface area contributed by atoms with Crippen LogP contribution >= 0.6 is 0 Å². The van der Waals surface area contributed by atoms with Crippen LogP contribution in [0, 0.1) is 0 Å². The topological polar surface area (TPSA) is 74.8 Å². The summed E-state index contributed by atoms with van der Waals surface area (Å²) in [6.45, 7) is 3.52. The van der Waals surface area contributed by atoms with E-state index in [1.165, 1.54) is 6.08 Å². The number of aromatic nitrogens is 2. The van der Waals surface area contributed by atoms with Crippen molar-refractivity contribution in [2.45, 2.75) is 56.4 Å². The second-order valence-electron chi connectivity index (χ2n) is 6.13. The first-order valence-electron chi connectivity index (χ1n) is 7.69. The maximum Gasteiger partial charge on any atom is 0.251 e. The molecule has 0 spiro atoms. The van der Waals surface area contributed by atoms with Gasteiger partial charge in [-0.25, -0.2) is 4.98 Å². The van der Waals surface area contributed by atoms with E-state index in [1.54, 1.807) is 6.07 Å². The van der Waals surface area contributed by atoms with Crippen molar-refractivity contribution in [1.29, 1.82) is 0 Å². The van der Waals surface area contributed by atoms with E-state index in [4.69, 9.17) is 0 Å². The highest BCUT2D eigenvalue weighted by atomic mass is 16.1. The van der Waals surface area contributed by atoms with Crippen LogP contribution in [0.5, 0.6) is 0 Å². The highest BCUT2D eigenvalue weighted by molar-refractivity contribution is 5.87. The van der Waals surface area contributed by atoms with Crippen LogP contribution in [0.2, 0.25) is 0 Å². The van der Waals surface area contributed by atoms with Crippen molar-refractivity contribution in [2.75, 3.05) is 0 Å². The molecule has 2 fully saturated rings. The van der Waals surface area contributed by atoms with Crippen LogP contribution in [0.4, 0.5) is 0 Å². The molecule has 0 saturated heterocycles. The highest BCUT2D eigenvalue weighted by Gasteiger charge is 2.38. The average Bonchev–Trinajstić information content (AvgIpc) is 3.32. The fourth-order valence-corrected chi connectivity index (χ4v) is 3.15. The molecule has 1 aromatic rings. The third kappa shape index (κ3) is 2.91. The van der Waals surface area contributed by atoms with Gasteiger partial charge in [-0.1, -0.05) is 25.8 Å². The summed E-state index contributed by atoms with van der Waals surface area (Å²) >= 11 is 0. The molecule has 5 nitrogen and oxygen atoms in total. The third-order valence-electron chi connectivity index (χ3n) is 4.47. The molecule has 2 aliphatic rings. The number of nitrogens with one attached hydrogen (secondary N) is 2. The lowest BCUT2D eigenvalue weighted by atomic mass is 9.80. The van der Waals surface area contributed by atoms with Gasteiger partial charge < -0.3 is 10.3 Å². The Morgan fingerprint density at radius 3 is 2.71 bits per heavy atom. The number of nitrogens with zero attached hydrogens (tertiary/aromatic N) is 1. The molecule has 112 valence electrons. The molecule has 1 amide bonds. The lowest BCUT2D eigenvalue weighted by Crippen LogP contribution is -2.48. The Balaban J connectivity index is 2.00. The Bertz CT molecular complexity index is 610. The van der Waals surface area contributed by atoms with Crippen molar-refractivity contribution in [3.8, 4) is 0 Å². The number of carbonyl (C=O) groups excluding carboxylic acids is 1. The van der Waals surface area contributed by atoms with Crippen LogP contribution in [0.25, 0.3) is 0 Å². The molecule has 0 atom stereocenters. The maximum atomic E-state index is 12.0. The SMILES string of the molecule is C=CC(=O)NC1(c2nc(C3CC3)cc(=O)[nH]2)CCCCC1. The van der Waals surface area contributed by atoms with Crippen molar-refractivity contribution in [1.82, 2.24) is 15.3 Å². The van der Waals surface area contributed by atoms with Crippen LogP contribution < -0.4 is 10.9 Å². The summed E-state index contributed by atoms with van der Waals surface area (Å²) in [4.78, 5) is 31.3. The van der Waals surface area contributed by atoms with E-state index in [0.29, 0.717) is 11.7 Å². The van der Waals surface area contributed by atoms with Crippen molar-refractivity contribution in [3.63, 3.8) is 0 Å². The standard InChI is InChI=1S/C16H21N3O2/c1-2-13(20)19-16(8-4-3-5-9-16)15-17-12(11-6-7-11)10-14(21)18-15/h2,10-11H,1,3-9H2,(H,19,20)(H,17,18,21). The predicted octanol–water partition coefficient (Wildman–Crippen LogP) is 2.11. The zero-order valence-electron chi connectivity index (χ0n) is 12.2. The van der Waals surface area contributed by atoms with Crippen LogP contribution in [-0.4, -0.2) is 15.9 Å². The summed E-state index contributed by atoms with van der Waals surface area (Å²) in [5.74, 6) is 0.824. The summed E-state index contributed by atoms with van der Waals surface area (Å²) in [5, 5.41) is 3.02. The van der Waals surface area contributed by atoms with Gasteiger partial charge in [0.15, 0.2) is 0 Å². The lowest BCUT2D eigenvalue weighted by molar-refractivity contribution is -0.119. The van der Waals surface area contributed by atoms with Crippen LogP contribution in [0.3, 0.4) is 0 Å². The first-order valence-corrected chi connectivity index (χ1v) is 7.69. The van der Waals surface area contributed by atoms with Gasteiger partial charge in [-0.2, -0.15) is 0 Å². The van der Waals surface area contributed by atoms with E-state index in [2.05, 4.69) is 21.9 Å². The summed E-state index contributed by atoms with van der Waals surface area (Å²) in [6.07, 6.45) is 8.29. The van der Waals surface area contributed by atoms with Gasteiger partial charge in [0.25, 0.3) is 5.56 Å². The van der Waals surface area contributed by atoms with Gasteiger partial charge in [0.1, 0.15) is 5.82 Å².